The lowest BCUT2D eigenvalue weighted by Crippen LogP contribution is -2.54. The lowest BCUT2D eigenvalue weighted by Gasteiger charge is -2.37. The molecule has 2 aromatic rings. The van der Waals surface area contributed by atoms with E-state index in [1.54, 1.807) is 12.1 Å². The summed E-state index contributed by atoms with van der Waals surface area (Å²) in [6, 6.07) is 12.6. The number of likely N-dealkylation sites (tertiary alicyclic amines) is 1. The van der Waals surface area contributed by atoms with E-state index in [2.05, 4.69) is 10.6 Å². The van der Waals surface area contributed by atoms with Crippen molar-refractivity contribution in [1.29, 1.82) is 0 Å². The van der Waals surface area contributed by atoms with Gasteiger partial charge in [-0.15, -0.1) is 0 Å². The monoisotopic (exact) mass is 539 g/mol. The fourth-order valence-electron chi connectivity index (χ4n) is 6.77. The van der Waals surface area contributed by atoms with Crippen molar-refractivity contribution in [3.8, 4) is 0 Å². The number of hydrogen-bond donors (Lipinski definition) is 3. The van der Waals surface area contributed by atoms with E-state index in [1.165, 1.54) is 4.90 Å². The van der Waals surface area contributed by atoms with Crippen LogP contribution in [0.1, 0.15) is 50.3 Å². The Kier molecular flexibility index (Phi) is 7.00. The van der Waals surface area contributed by atoms with Crippen LogP contribution in [-0.4, -0.2) is 58.1 Å². The van der Waals surface area contributed by atoms with Crippen LogP contribution in [0, 0.1) is 18.8 Å². The highest BCUT2D eigenvalue weighted by atomic mass is 35.5. The molecule has 0 radical (unpaired) electrons. The number of rotatable bonds is 8. The average molecular weight is 540 g/mol. The molecule has 2 unspecified atom stereocenters. The van der Waals surface area contributed by atoms with Gasteiger partial charge in [-0.25, -0.2) is 0 Å². The zero-order chi connectivity index (χ0) is 27.2. The summed E-state index contributed by atoms with van der Waals surface area (Å²) in [5, 5.41) is 16.8. The van der Waals surface area contributed by atoms with Crippen LogP contribution in [0.25, 0.3) is 0 Å². The van der Waals surface area contributed by atoms with Crippen LogP contribution >= 0.6 is 11.6 Å². The van der Waals surface area contributed by atoms with E-state index in [1.807, 2.05) is 57.2 Å². The molecule has 3 aliphatic rings. The third-order valence-corrected chi connectivity index (χ3v) is 8.77. The lowest BCUT2D eigenvalue weighted by molar-refractivity contribution is -0.148. The number of hydrogen-bond acceptors (Lipinski definition) is 5. The molecule has 9 heteroatoms. The SMILES string of the molecule is CCCNC(=O)[C@@H]1[C@H]2C(=O)N([C@H](CO)c3ccccc3)C(C(=O)Nc3c(C)cccc3Cl)C23CC[C@@]1(C)O3. The maximum atomic E-state index is 14.3. The second-order valence-corrected chi connectivity index (χ2v) is 11.2. The number of carbonyl (C=O) groups is 3. The van der Waals surface area contributed by atoms with Crippen molar-refractivity contribution in [1.82, 2.24) is 10.2 Å². The fraction of sp³-hybridized carbons (Fsp3) is 0.483. The van der Waals surface area contributed by atoms with Gasteiger partial charge >= 0.3 is 0 Å². The smallest absolute Gasteiger partial charge is 0.250 e. The molecule has 1 spiro atoms. The fourth-order valence-corrected chi connectivity index (χ4v) is 7.04. The van der Waals surface area contributed by atoms with Crippen LogP contribution in [0.3, 0.4) is 0 Å². The summed E-state index contributed by atoms with van der Waals surface area (Å²) in [5.41, 5.74) is -0.147. The molecule has 3 amide bonds. The normalized spacial score (nSPS) is 30.3. The highest BCUT2D eigenvalue weighted by molar-refractivity contribution is 6.34. The first-order chi connectivity index (χ1) is 18.2. The second kappa shape index (κ2) is 9.98. The second-order valence-electron chi connectivity index (χ2n) is 10.8. The van der Waals surface area contributed by atoms with Gasteiger partial charge < -0.3 is 25.4 Å². The molecule has 0 aliphatic carbocycles. The number of para-hydroxylation sites is 1. The number of benzene rings is 2. The zero-order valence-corrected chi connectivity index (χ0v) is 22.6. The Labute approximate surface area is 227 Å². The van der Waals surface area contributed by atoms with Gasteiger partial charge in [-0.2, -0.15) is 0 Å². The van der Waals surface area contributed by atoms with Gasteiger partial charge in [-0.1, -0.05) is 61.0 Å². The Bertz CT molecular complexity index is 1240. The molecule has 8 nitrogen and oxygen atoms in total. The topological polar surface area (TPSA) is 108 Å². The Morgan fingerprint density at radius 1 is 1.16 bits per heavy atom. The van der Waals surface area contributed by atoms with Crippen molar-refractivity contribution < 1.29 is 24.2 Å². The van der Waals surface area contributed by atoms with E-state index in [-0.39, 0.29) is 11.8 Å². The number of halogens is 1. The van der Waals surface area contributed by atoms with Crippen LogP contribution < -0.4 is 10.6 Å². The minimum atomic E-state index is -1.21. The first-order valence-corrected chi connectivity index (χ1v) is 13.6. The van der Waals surface area contributed by atoms with Gasteiger partial charge in [0.15, 0.2) is 0 Å². The lowest BCUT2D eigenvalue weighted by atomic mass is 9.66. The number of ether oxygens (including phenoxy) is 1. The summed E-state index contributed by atoms with van der Waals surface area (Å²) in [4.78, 5) is 43.4. The molecule has 2 aromatic carbocycles. The Balaban J connectivity index is 1.61. The molecule has 0 aromatic heterocycles. The molecule has 38 heavy (non-hydrogen) atoms. The number of nitrogens with one attached hydrogen (secondary N) is 2. The van der Waals surface area contributed by atoms with Gasteiger partial charge in [0, 0.05) is 6.54 Å². The molecule has 6 atom stereocenters. The Morgan fingerprint density at radius 3 is 2.55 bits per heavy atom. The molecule has 202 valence electrons. The summed E-state index contributed by atoms with van der Waals surface area (Å²) >= 11 is 6.44. The molecule has 0 saturated carbocycles. The highest BCUT2D eigenvalue weighted by Crippen LogP contribution is 2.64. The Morgan fingerprint density at radius 2 is 1.89 bits per heavy atom. The molecule has 3 N–H and O–H groups in total. The molecule has 3 aliphatic heterocycles. The van der Waals surface area contributed by atoms with E-state index >= 15 is 0 Å². The van der Waals surface area contributed by atoms with Crippen molar-refractivity contribution >= 4 is 35.0 Å². The summed E-state index contributed by atoms with van der Waals surface area (Å²) in [6.45, 7) is 5.76. The third-order valence-electron chi connectivity index (χ3n) is 8.46. The largest absolute Gasteiger partial charge is 0.394 e. The van der Waals surface area contributed by atoms with E-state index in [4.69, 9.17) is 16.3 Å². The van der Waals surface area contributed by atoms with E-state index in [0.29, 0.717) is 35.7 Å². The number of aliphatic hydroxyl groups excluding tert-OH is 1. The van der Waals surface area contributed by atoms with Crippen LogP contribution in [0.15, 0.2) is 48.5 Å². The molecular formula is C29H34ClN3O5. The predicted octanol–water partition coefficient (Wildman–Crippen LogP) is 3.61. The van der Waals surface area contributed by atoms with Gasteiger partial charge in [0.1, 0.15) is 11.6 Å². The molecular weight excluding hydrogens is 506 g/mol. The predicted molar refractivity (Wildman–Crippen MR) is 143 cm³/mol. The summed E-state index contributed by atoms with van der Waals surface area (Å²) in [7, 11) is 0. The number of fused-ring (bicyclic) bond motifs is 1. The van der Waals surface area contributed by atoms with E-state index in [9.17, 15) is 19.5 Å². The van der Waals surface area contributed by atoms with E-state index < -0.39 is 47.6 Å². The maximum absolute atomic E-state index is 14.3. The van der Waals surface area contributed by atoms with Crippen LogP contribution in [0.2, 0.25) is 5.02 Å². The third kappa shape index (κ3) is 4.01. The van der Waals surface area contributed by atoms with Crippen LogP contribution in [-0.2, 0) is 19.1 Å². The number of amides is 3. The van der Waals surface area contributed by atoms with Crippen molar-refractivity contribution in [2.24, 2.45) is 11.8 Å². The Hall–Kier alpha value is -2.94. The minimum absolute atomic E-state index is 0.238. The minimum Gasteiger partial charge on any atom is -0.394 e. The van der Waals surface area contributed by atoms with Gasteiger partial charge in [0.05, 0.1) is 40.8 Å². The van der Waals surface area contributed by atoms with Crippen LogP contribution in [0.4, 0.5) is 5.69 Å². The van der Waals surface area contributed by atoms with Crippen molar-refractivity contribution in [2.45, 2.75) is 63.3 Å². The van der Waals surface area contributed by atoms with Gasteiger partial charge in [0.2, 0.25) is 17.7 Å². The summed E-state index contributed by atoms with van der Waals surface area (Å²) in [6.07, 6.45) is 1.74. The van der Waals surface area contributed by atoms with Crippen molar-refractivity contribution in [3.63, 3.8) is 0 Å². The summed E-state index contributed by atoms with van der Waals surface area (Å²) in [5.74, 6) is -2.64. The van der Waals surface area contributed by atoms with Crippen molar-refractivity contribution in [3.05, 3.63) is 64.7 Å². The number of nitrogens with zero attached hydrogens (tertiary/aromatic N) is 1. The van der Waals surface area contributed by atoms with E-state index in [0.717, 1.165) is 12.0 Å². The quantitative estimate of drug-likeness (QED) is 0.475. The number of anilines is 1. The first-order valence-electron chi connectivity index (χ1n) is 13.2. The average Bonchev–Trinajstić information content (AvgIpc) is 3.47. The van der Waals surface area contributed by atoms with Crippen LogP contribution in [0.5, 0.6) is 0 Å². The van der Waals surface area contributed by atoms with Gasteiger partial charge in [-0.05, 0) is 50.3 Å². The highest BCUT2D eigenvalue weighted by Gasteiger charge is 2.78. The molecule has 2 bridgehead atoms. The van der Waals surface area contributed by atoms with Gasteiger partial charge in [0.25, 0.3) is 0 Å². The first kappa shape index (κ1) is 26.7. The molecule has 3 heterocycles. The zero-order valence-electron chi connectivity index (χ0n) is 21.9. The number of carbonyl (C=O) groups excluding carboxylic acids is 3. The standard InChI is InChI=1S/C29H34ClN3O5/c1-4-15-31-25(35)21-22-27(37)33(20(16-34)18-10-6-5-7-11-18)24(29(22)14-13-28(21,3)38-29)26(36)32-23-17(2)9-8-12-19(23)30/h5-12,20-22,24,34H,4,13-16H2,1-3H3,(H,31,35)(H,32,36)/t20-,21+,22+,24?,28-,29?/m1/s1. The maximum Gasteiger partial charge on any atom is 0.250 e. The number of aryl methyl sites for hydroxylation is 1. The van der Waals surface area contributed by atoms with Crippen molar-refractivity contribution in [2.75, 3.05) is 18.5 Å². The molecule has 3 fully saturated rings. The molecule has 5 rings (SSSR count). The van der Waals surface area contributed by atoms with Gasteiger partial charge in [-0.3, -0.25) is 14.4 Å². The summed E-state index contributed by atoms with van der Waals surface area (Å²) < 4.78 is 6.65. The molecule has 3 saturated heterocycles. The number of aliphatic hydroxyl groups is 1.